The fourth-order valence-electron chi connectivity index (χ4n) is 2.47. The second-order valence-electron chi connectivity index (χ2n) is 5.48. The van der Waals surface area contributed by atoms with Crippen molar-refractivity contribution in [2.75, 3.05) is 5.32 Å². The maximum atomic E-state index is 4.28. The van der Waals surface area contributed by atoms with E-state index in [1.807, 2.05) is 13.0 Å². The van der Waals surface area contributed by atoms with Crippen LogP contribution in [0.2, 0.25) is 0 Å². The van der Waals surface area contributed by atoms with Crippen molar-refractivity contribution in [2.24, 2.45) is 5.41 Å². The summed E-state index contributed by atoms with van der Waals surface area (Å²) in [5, 5.41) is 3.56. The van der Waals surface area contributed by atoms with Crippen molar-refractivity contribution < 1.29 is 0 Å². The first-order valence-corrected chi connectivity index (χ1v) is 6.13. The molecule has 1 aromatic heterocycles. The minimum atomic E-state index is 0.372. The van der Waals surface area contributed by atoms with Gasteiger partial charge in [0, 0.05) is 17.8 Å². The predicted molar refractivity (Wildman–Crippen MR) is 66.4 cm³/mol. The van der Waals surface area contributed by atoms with Gasteiger partial charge in [0.25, 0.3) is 0 Å². The maximum absolute atomic E-state index is 4.28. The van der Waals surface area contributed by atoms with E-state index in [0.717, 1.165) is 11.5 Å². The van der Waals surface area contributed by atoms with Crippen LogP contribution in [0.1, 0.15) is 45.2 Å². The number of hydrogen-bond acceptors (Lipinski definition) is 3. The summed E-state index contributed by atoms with van der Waals surface area (Å²) in [5.41, 5.74) is 1.39. The van der Waals surface area contributed by atoms with Crippen molar-refractivity contribution in [1.29, 1.82) is 0 Å². The van der Waals surface area contributed by atoms with Crippen molar-refractivity contribution >= 4 is 5.82 Å². The van der Waals surface area contributed by atoms with E-state index >= 15 is 0 Å². The molecule has 0 amide bonds. The number of rotatable bonds is 2. The first-order valence-electron chi connectivity index (χ1n) is 6.13. The molecule has 16 heavy (non-hydrogen) atoms. The zero-order valence-corrected chi connectivity index (χ0v) is 10.5. The maximum Gasteiger partial charge on any atom is 0.129 e. The molecule has 1 aliphatic rings. The largest absolute Gasteiger partial charge is 0.367 e. The minimum Gasteiger partial charge on any atom is -0.367 e. The number of aromatic nitrogens is 2. The summed E-state index contributed by atoms with van der Waals surface area (Å²) < 4.78 is 0. The van der Waals surface area contributed by atoms with E-state index in [2.05, 4.69) is 29.1 Å². The lowest BCUT2D eigenvalue weighted by molar-refractivity contribution is 0.216. The van der Waals surface area contributed by atoms with Gasteiger partial charge in [-0.05, 0) is 25.2 Å². The van der Waals surface area contributed by atoms with E-state index in [-0.39, 0.29) is 0 Å². The van der Waals surface area contributed by atoms with Gasteiger partial charge in [-0.15, -0.1) is 0 Å². The summed E-state index contributed by atoms with van der Waals surface area (Å²) in [6.45, 7) is 6.69. The zero-order valence-electron chi connectivity index (χ0n) is 10.5. The lowest BCUT2D eigenvalue weighted by atomic mass is 9.73. The monoisotopic (exact) mass is 219 g/mol. The standard InChI is InChI=1S/C13H21N3/c1-10-8-12(15-9-14-10)16-11-6-4-5-7-13(11,2)3/h8-9,11H,4-7H2,1-3H3,(H,14,15,16). The fourth-order valence-corrected chi connectivity index (χ4v) is 2.47. The second-order valence-corrected chi connectivity index (χ2v) is 5.48. The first kappa shape index (κ1) is 11.4. The van der Waals surface area contributed by atoms with Gasteiger partial charge in [0.2, 0.25) is 0 Å². The molecule has 1 fully saturated rings. The smallest absolute Gasteiger partial charge is 0.129 e. The van der Waals surface area contributed by atoms with Gasteiger partial charge in [0.1, 0.15) is 12.1 Å². The van der Waals surface area contributed by atoms with Gasteiger partial charge >= 0.3 is 0 Å². The molecule has 0 saturated heterocycles. The van der Waals surface area contributed by atoms with E-state index in [0.29, 0.717) is 11.5 Å². The normalized spacial score (nSPS) is 24.1. The molecule has 0 aromatic carbocycles. The van der Waals surface area contributed by atoms with Crippen LogP contribution in [0, 0.1) is 12.3 Å². The van der Waals surface area contributed by atoms with Crippen molar-refractivity contribution in [3.05, 3.63) is 18.1 Å². The van der Waals surface area contributed by atoms with Crippen LogP contribution in [0.25, 0.3) is 0 Å². The summed E-state index contributed by atoms with van der Waals surface area (Å²) in [4.78, 5) is 8.40. The Labute approximate surface area is 97.7 Å². The molecular weight excluding hydrogens is 198 g/mol. The van der Waals surface area contributed by atoms with Gasteiger partial charge in [-0.25, -0.2) is 9.97 Å². The van der Waals surface area contributed by atoms with Crippen LogP contribution in [0.5, 0.6) is 0 Å². The molecule has 88 valence electrons. The van der Waals surface area contributed by atoms with E-state index < -0.39 is 0 Å². The van der Waals surface area contributed by atoms with Gasteiger partial charge in [-0.1, -0.05) is 26.7 Å². The molecule has 1 saturated carbocycles. The summed E-state index contributed by atoms with van der Waals surface area (Å²) in [6.07, 6.45) is 6.86. The lowest BCUT2D eigenvalue weighted by Crippen LogP contribution is -2.39. The van der Waals surface area contributed by atoms with Gasteiger partial charge < -0.3 is 5.32 Å². The van der Waals surface area contributed by atoms with Crippen LogP contribution in [-0.4, -0.2) is 16.0 Å². The molecule has 1 aliphatic carbocycles. The fraction of sp³-hybridized carbons (Fsp3) is 0.692. The van der Waals surface area contributed by atoms with Crippen LogP contribution in [0.3, 0.4) is 0 Å². The molecule has 3 nitrogen and oxygen atoms in total. The minimum absolute atomic E-state index is 0.372. The van der Waals surface area contributed by atoms with Gasteiger partial charge in [0.15, 0.2) is 0 Å². The quantitative estimate of drug-likeness (QED) is 0.830. The Bertz CT molecular complexity index is 360. The highest BCUT2D eigenvalue weighted by molar-refractivity contribution is 5.36. The highest BCUT2D eigenvalue weighted by Gasteiger charge is 2.32. The zero-order chi connectivity index (χ0) is 11.6. The van der Waals surface area contributed by atoms with E-state index in [1.165, 1.54) is 25.7 Å². The molecule has 1 aromatic rings. The molecular formula is C13H21N3. The molecule has 0 spiro atoms. The number of aryl methyl sites for hydroxylation is 1. The molecule has 1 N–H and O–H groups in total. The Morgan fingerprint density at radius 2 is 2.12 bits per heavy atom. The Morgan fingerprint density at radius 3 is 2.81 bits per heavy atom. The molecule has 1 heterocycles. The average molecular weight is 219 g/mol. The topological polar surface area (TPSA) is 37.8 Å². The van der Waals surface area contributed by atoms with Crippen molar-refractivity contribution in [1.82, 2.24) is 9.97 Å². The van der Waals surface area contributed by atoms with Crippen LogP contribution in [0.4, 0.5) is 5.82 Å². The number of nitrogens with one attached hydrogen (secondary N) is 1. The number of anilines is 1. The molecule has 3 heteroatoms. The predicted octanol–water partition coefficient (Wildman–Crippen LogP) is 3.17. The molecule has 1 unspecified atom stereocenters. The Kier molecular flexibility index (Phi) is 3.13. The molecule has 0 aliphatic heterocycles. The summed E-state index contributed by atoms with van der Waals surface area (Å²) in [6, 6.07) is 2.56. The SMILES string of the molecule is Cc1cc(NC2CCCCC2(C)C)ncn1. The van der Waals surface area contributed by atoms with Crippen LogP contribution in [-0.2, 0) is 0 Å². The third-order valence-electron chi connectivity index (χ3n) is 3.63. The Balaban J connectivity index is 2.08. The van der Waals surface area contributed by atoms with Gasteiger partial charge in [-0.3, -0.25) is 0 Å². The molecule has 1 atom stereocenters. The van der Waals surface area contributed by atoms with Crippen LogP contribution < -0.4 is 5.32 Å². The van der Waals surface area contributed by atoms with E-state index in [1.54, 1.807) is 6.33 Å². The second kappa shape index (κ2) is 4.40. The highest BCUT2D eigenvalue weighted by Crippen LogP contribution is 2.36. The van der Waals surface area contributed by atoms with E-state index in [9.17, 15) is 0 Å². The Morgan fingerprint density at radius 1 is 1.31 bits per heavy atom. The summed E-state index contributed by atoms with van der Waals surface area (Å²) >= 11 is 0. The van der Waals surface area contributed by atoms with Crippen molar-refractivity contribution in [3.63, 3.8) is 0 Å². The Hall–Kier alpha value is -1.12. The number of hydrogen-bond donors (Lipinski definition) is 1. The molecule has 2 rings (SSSR count). The van der Waals surface area contributed by atoms with Gasteiger partial charge in [0.05, 0.1) is 0 Å². The van der Waals surface area contributed by atoms with Gasteiger partial charge in [-0.2, -0.15) is 0 Å². The van der Waals surface area contributed by atoms with Crippen molar-refractivity contribution in [2.45, 2.75) is 52.5 Å². The van der Waals surface area contributed by atoms with Crippen LogP contribution >= 0.6 is 0 Å². The molecule has 0 bridgehead atoms. The average Bonchev–Trinajstić information content (AvgIpc) is 2.21. The highest BCUT2D eigenvalue weighted by atomic mass is 15.0. The first-order chi connectivity index (χ1) is 7.58. The third-order valence-corrected chi connectivity index (χ3v) is 3.63. The summed E-state index contributed by atoms with van der Waals surface area (Å²) in [7, 11) is 0. The third kappa shape index (κ3) is 2.52. The lowest BCUT2D eigenvalue weighted by Gasteiger charge is -2.39. The van der Waals surface area contributed by atoms with Crippen LogP contribution in [0.15, 0.2) is 12.4 Å². The summed E-state index contributed by atoms with van der Waals surface area (Å²) in [5.74, 6) is 0.965. The number of nitrogens with zero attached hydrogens (tertiary/aromatic N) is 2. The van der Waals surface area contributed by atoms with E-state index in [4.69, 9.17) is 0 Å². The molecule has 0 radical (unpaired) electrons. The van der Waals surface area contributed by atoms with Crippen molar-refractivity contribution in [3.8, 4) is 0 Å².